The number of para-hydroxylation sites is 2. The first-order valence-electron chi connectivity index (χ1n) is 9.44. The topological polar surface area (TPSA) is 96.7 Å². The Labute approximate surface area is 161 Å². The van der Waals surface area contributed by atoms with Crippen LogP contribution in [0.5, 0.6) is 0 Å². The molecule has 0 atom stereocenters. The molecule has 0 saturated heterocycles. The van der Waals surface area contributed by atoms with Crippen LogP contribution in [0.1, 0.15) is 43.8 Å². The van der Waals surface area contributed by atoms with Crippen molar-refractivity contribution in [1.82, 2.24) is 25.5 Å². The molecule has 1 aliphatic rings. The predicted molar refractivity (Wildman–Crippen MR) is 104 cm³/mol. The van der Waals surface area contributed by atoms with Gasteiger partial charge in [0.1, 0.15) is 5.82 Å². The van der Waals surface area contributed by atoms with Gasteiger partial charge in [-0.15, -0.1) is 10.2 Å². The minimum Gasteiger partial charge on any atom is -0.416 e. The molecule has 8 heteroatoms. The second-order valence-corrected chi connectivity index (χ2v) is 7.78. The van der Waals surface area contributed by atoms with Crippen LogP contribution in [0.15, 0.2) is 33.9 Å². The number of hydrogen-bond acceptors (Lipinski definition) is 6. The highest BCUT2D eigenvalue weighted by atomic mass is 32.2. The van der Waals surface area contributed by atoms with Crippen LogP contribution in [0.3, 0.4) is 0 Å². The van der Waals surface area contributed by atoms with Crippen LogP contribution in [0.4, 0.5) is 0 Å². The highest BCUT2D eigenvalue weighted by Gasteiger charge is 2.16. The largest absolute Gasteiger partial charge is 0.416 e. The monoisotopic (exact) mass is 385 g/mol. The van der Waals surface area contributed by atoms with Crippen molar-refractivity contribution >= 4 is 28.7 Å². The number of nitrogens with zero attached hydrogens (tertiary/aromatic N) is 3. The molecule has 1 fully saturated rings. The van der Waals surface area contributed by atoms with Gasteiger partial charge < -0.3 is 14.7 Å². The molecule has 2 aromatic heterocycles. The van der Waals surface area contributed by atoms with Crippen molar-refractivity contribution in [2.24, 2.45) is 0 Å². The summed E-state index contributed by atoms with van der Waals surface area (Å²) >= 11 is 1.29. The molecule has 0 radical (unpaired) electrons. The number of rotatable bonds is 7. The molecule has 1 saturated carbocycles. The molecule has 0 spiro atoms. The van der Waals surface area contributed by atoms with E-state index in [2.05, 4.69) is 25.5 Å². The summed E-state index contributed by atoms with van der Waals surface area (Å²) in [6, 6.07) is 8.27. The standard InChI is InChI=1S/C19H23N5O2S/c25-17(20-13-6-2-1-3-7-13)12-27-19-24-23-18(26-19)11-10-16-21-14-8-4-5-9-15(14)22-16/h4-5,8-9,13H,1-3,6-7,10-12H2,(H,20,25)(H,21,22). The van der Waals surface area contributed by atoms with Gasteiger partial charge in [0.25, 0.3) is 5.22 Å². The third-order valence-electron chi connectivity index (χ3n) is 4.76. The number of fused-ring (bicyclic) bond motifs is 1. The maximum Gasteiger partial charge on any atom is 0.277 e. The van der Waals surface area contributed by atoms with Gasteiger partial charge in [-0.05, 0) is 25.0 Å². The number of aromatic nitrogens is 4. The van der Waals surface area contributed by atoms with Gasteiger partial charge >= 0.3 is 0 Å². The summed E-state index contributed by atoms with van der Waals surface area (Å²) in [4.78, 5) is 19.9. The number of carbonyl (C=O) groups excluding carboxylic acids is 1. The zero-order chi connectivity index (χ0) is 18.5. The van der Waals surface area contributed by atoms with E-state index in [0.717, 1.165) is 29.7 Å². The summed E-state index contributed by atoms with van der Waals surface area (Å²) in [6.07, 6.45) is 7.17. The quantitative estimate of drug-likeness (QED) is 0.606. The fourth-order valence-electron chi connectivity index (χ4n) is 3.39. The Morgan fingerprint density at radius 1 is 1.19 bits per heavy atom. The van der Waals surface area contributed by atoms with E-state index in [1.807, 2.05) is 24.3 Å². The Balaban J connectivity index is 1.24. The number of aryl methyl sites for hydroxylation is 2. The van der Waals surface area contributed by atoms with E-state index < -0.39 is 0 Å². The van der Waals surface area contributed by atoms with Crippen LogP contribution in [-0.4, -0.2) is 37.9 Å². The molecular formula is C19H23N5O2S. The van der Waals surface area contributed by atoms with Gasteiger partial charge in [-0.1, -0.05) is 43.2 Å². The third-order valence-corrected chi connectivity index (χ3v) is 5.58. The number of aromatic amines is 1. The molecule has 0 bridgehead atoms. The van der Waals surface area contributed by atoms with Crippen molar-refractivity contribution in [2.45, 2.75) is 56.2 Å². The van der Waals surface area contributed by atoms with E-state index in [4.69, 9.17) is 4.42 Å². The maximum absolute atomic E-state index is 12.1. The Morgan fingerprint density at radius 2 is 2.04 bits per heavy atom. The van der Waals surface area contributed by atoms with Crippen LogP contribution in [0.25, 0.3) is 11.0 Å². The summed E-state index contributed by atoms with van der Waals surface area (Å²) < 4.78 is 5.64. The van der Waals surface area contributed by atoms with E-state index in [0.29, 0.717) is 35.7 Å². The third kappa shape index (κ3) is 4.88. The van der Waals surface area contributed by atoms with E-state index in [1.165, 1.54) is 31.0 Å². The molecule has 0 unspecified atom stereocenters. The Bertz CT molecular complexity index is 867. The number of amides is 1. The van der Waals surface area contributed by atoms with E-state index in [1.54, 1.807) is 0 Å². The summed E-state index contributed by atoms with van der Waals surface area (Å²) in [5.41, 5.74) is 1.98. The summed E-state index contributed by atoms with van der Waals surface area (Å²) in [5, 5.41) is 11.6. The summed E-state index contributed by atoms with van der Waals surface area (Å²) in [6.45, 7) is 0. The average Bonchev–Trinajstić information content (AvgIpc) is 3.32. The molecule has 2 heterocycles. The minimum absolute atomic E-state index is 0.0360. The minimum atomic E-state index is 0.0360. The van der Waals surface area contributed by atoms with E-state index in [-0.39, 0.29) is 5.91 Å². The van der Waals surface area contributed by atoms with Crippen molar-refractivity contribution in [3.63, 3.8) is 0 Å². The lowest BCUT2D eigenvalue weighted by Crippen LogP contribution is -2.37. The second kappa shape index (κ2) is 8.56. The van der Waals surface area contributed by atoms with Crippen LogP contribution < -0.4 is 5.32 Å². The maximum atomic E-state index is 12.1. The first-order valence-corrected chi connectivity index (χ1v) is 10.4. The molecule has 1 aliphatic carbocycles. The van der Waals surface area contributed by atoms with Crippen molar-refractivity contribution in [3.8, 4) is 0 Å². The highest BCUT2D eigenvalue weighted by Crippen LogP contribution is 2.19. The number of benzene rings is 1. The van der Waals surface area contributed by atoms with E-state index >= 15 is 0 Å². The summed E-state index contributed by atoms with van der Waals surface area (Å²) in [5.74, 6) is 1.80. The van der Waals surface area contributed by atoms with Crippen LogP contribution >= 0.6 is 11.8 Å². The molecule has 0 aliphatic heterocycles. The lowest BCUT2D eigenvalue weighted by Gasteiger charge is -2.22. The molecule has 7 nitrogen and oxygen atoms in total. The van der Waals surface area contributed by atoms with Crippen molar-refractivity contribution in [2.75, 3.05) is 5.75 Å². The normalized spacial score (nSPS) is 15.3. The van der Waals surface area contributed by atoms with Gasteiger partial charge in [-0.3, -0.25) is 4.79 Å². The summed E-state index contributed by atoms with van der Waals surface area (Å²) in [7, 11) is 0. The Morgan fingerprint density at radius 3 is 2.89 bits per heavy atom. The Hall–Kier alpha value is -2.35. The fraction of sp³-hybridized carbons (Fsp3) is 0.474. The van der Waals surface area contributed by atoms with E-state index in [9.17, 15) is 4.79 Å². The zero-order valence-electron chi connectivity index (χ0n) is 15.1. The first-order chi connectivity index (χ1) is 13.3. The molecule has 27 heavy (non-hydrogen) atoms. The number of hydrogen-bond donors (Lipinski definition) is 2. The predicted octanol–water partition coefficient (Wildman–Crippen LogP) is 3.27. The SMILES string of the molecule is O=C(CSc1nnc(CCc2nc3ccccc3[nH]2)o1)NC1CCCCC1. The van der Waals surface area contributed by atoms with Gasteiger partial charge in [0.15, 0.2) is 0 Å². The van der Waals surface area contributed by atoms with Crippen molar-refractivity contribution in [1.29, 1.82) is 0 Å². The van der Waals surface area contributed by atoms with Crippen molar-refractivity contribution < 1.29 is 9.21 Å². The number of thioether (sulfide) groups is 1. The van der Waals surface area contributed by atoms with Gasteiger partial charge in [0.05, 0.1) is 16.8 Å². The number of H-pyrrole nitrogens is 1. The Kier molecular flexibility index (Phi) is 5.72. The smallest absolute Gasteiger partial charge is 0.277 e. The lowest BCUT2D eigenvalue weighted by atomic mass is 9.95. The number of carbonyl (C=O) groups is 1. The molecule has 3 aromatic rings. The number of nitrogens with one attached hydrogen (secondary N) is 2. The molecule has 2 N–H and O–H groups in total. The molecule has 1 aromatic carbocycles. The molecule has 1 amide bonds. The highest BCUT2D eigenvalue weighted by molar-refractivity contribution is 7.99. The average molecular weight is 385 g/mol. The lowest BCUT2D eigenvalue weighted by molar-refractivity contribution is -0.119. The van der Waals surface area contributed by atoms with Crippen LogP contribution in [0.2, 0.25) is 0 Å². The molecular weight excluding hydrogens is 362 g/mol. The van der Waals surface area contributed by atoms with Gasteiger partial charge in [-0.25, -0.2) is 4.98 Å². The van der Waals surface area contributed by atoms with Crippen LogP contribution in [-0.2, 0) is 17.6 Å². The molecule has 142 valence electrons. The second-order valence-electron chi connectivity index (χ2n) is 6.85. The zero-order valence-corrected chi connectivity index (χ0v) is 15.9. The fourth-order valence-corrected chi connectivity index (χ4v) is 3.98. The first kappa shape index (κ1) is 18.0. The van der Waals surface area contributed by atoms with Crippen LogP contribution in [0, 0.1) is 0 Å². The molecule has 4 rings (SSSR count). The van der Waals surface area contributed by atoms with Gasteiger partial charge in [-0.2, -0.15) is 0 Å². The number of imidazole rings is 1. The van der Waals surface area contributed by atoms with Gasteiger partial charge in [0, 0.05) is 18.9 Å². The van der Waals surface area contributed by atoms with Gasteiger partial charge in [0.2, 0.25) is 11.8 Å². The van der Waals surface area contributed by atoms with Crippen molar-refractivity contribution in [3.05, 3.63) is 36.0 Å².